The second-order valence-corrected chi connectivity index (χ2v) is 10.7. The molecule has 4 rings (SSSR count). The molecule has 0 N–H and O–H groups in total. The van der Waals surface area contributed by atoms with Crippen LogP contribution in [0.4, 0.5) is 0 Å². The maximum Gasteiger partial charge on any atom is 0.290 e. The van der Waals surface area contributed by atoms with Crippen LogP contribution >= 0.6 is 0 Å². The molecule has 0 aliphatic carbocycles. The number of carbonyl (C=O) groups is 1. The SMILES string of the molecule is CCc1ccc(CN(C(=O)c2cc(=O)c3ccc(C)c(C)c3o2)[C@H]2CCS(=O)(=O)C2)cc1. The van der Waals surface area contributed by atoms with Crippen LogP contribution in [0.3, 0.4) is 0 Å². The van der Waals surface area contributed by atoms with Gasteiger partial charge in [0.25, 0.3) is 5.91 Å². The predicted octanol–water partition coefficient (Wildman–Crippen LogP) is 3.80. The van der Waals surface area contributed by atoms with Gasteiger partial charge in [-0.1, -0.05) is 37.3 Å². The van der Waals surface area contributed by atoms with Crippen molar-refractivity contribution < 1.29 is 17.6 Å². The van der Waals surface area contributed by atoms with Gasteiger partial charge >= 0.3 is 0 Å². The van der Waals surface area contributed by atoms with Crippen LogP contribution in [-0.2, 0) is 22.8 Å². The van der Waals surface area contributed by atoms with E-state index in [0.717, 1.165) is 23.1 Å². The quantitative estimate of drug-likeness (QED) is 0.587. The van der Waals surface area contributed by atoms with Crippen molar-refractivity contribution in [2.75, 3.05) is 11.5 Å². The van der Waals surface area contributed by atoms with Crippen LogP contribution in [0.5, 0.6) is 0 Å². The fourth-order valence-corrected chi connectivity index (χ4v) is 5.89. The Kier molecular flexibility index (Phi) is 5.95. The van der Waals surface area contributed by atoms with Gasteiger partial charge in [-0.05, 0) is 55.0 Å². The molecule has 1 atom stereocenters. The summed E-state index contributed by atoms with van der Waals surface area (Å²) >= 11 is 0. The van der Waals surface area contributed by atoms with Crippen molar-refractivity contribution in [3.8, 4) is 0 Å². The molecule has 1 saturated heterocycles. The maximum absolute atomic E-state index is 13.6. The van der Waals surface area contributed by atoms with E-state index in [4.69, 9.17) is 4.42 Å². The van der Waals surface area contributed by atoms with Crippen LogP contribution in [-0.4, -0.2) is 36.8 Å². The standard InChI is InChI=1S/C25H27NO5S/c1-4-18-6-8-19(9-7-18)14-26(20-11-12-32(29,30)15-20)25(28)23-13-22(27)21-10-5-16(2)17(3)24(21)31-23/h5-10,13,20H,4,11-12,14-15H2,1-3H3/t20-/m0/s1. The number of rotatable bonds is 5. The summed E-state index contributed by atoms with van der Waals surface area (Å²) < 4.78 is 30.2. The van der Waals surface area contributed by atoms with E-state index in [9.17, 15) is 18.0 Å². The van der Waals surface area contributed by atoms with Crippen molar-refractivity contribution >= 4 is 26.7 Å². The molecular formula is C25H27NO5S. The summed E-state index contributed by atoms with van der Waals surface area (Å²) in [4.78, 5) is 27.8. The summed E-state index contributed by atoms with van der Waals surface area (Å²) in [5, 5.41) is 0.426. The highest BCUT2D eigenvalue weighted by Crippen LogP contribution is 2.25. The summed E-state index contributed by atoms with van der Waals surface area (Å²) in [5.41, 5.74) is 3.95. The Bertz CT molecular complexity index is 1340. The van der Waals surface area contributed by atoms with E-state index in [2.05, 4.69) is 6.92 Å². The Morgan fingerprint density at radius 3 is 2.41 bits per heavy atom. The second kappa shape index (κ2) is 8.54. The minimum Gasteiger partial charge on any atom is -0.450 e. The van der Waals surface area contributed by atoms with Crippen LogP contribution in [0.2, 0.25) is 0 Å². The zero-order chi connectivity index (χ0) is 23.0. The van der Waals surface area contributed by atoms with Gasteiger partial charge < -0.3 is 9.32 Å². The van der Waals surface area contributed by atoms with Crippen molar-refractivity contribution in [1.82, 2.24) is 4.90 Å². The lowest BCUT2D eigenvalue weighted by molar-refractivity contribution is 0.0648. The molecule has 0 saturated carbocycles. The first-order valence-corrected chi connectivity index (χ1v) is 12.6. The van der Waals surface area contributed by atoms with E-state index in [-0.39, 0.29) is 29.2 Å². The minimum absolute atomic E-state index is 0.0518. The Balaban J connectivity index is 1.75. The van der Waals surface area contributed by atoms with Gasteiger partial charge in [-0.15, -0.1) is 0 Å². The van der Waals surface area contributed by atoms with Crippen molar-refractivity contribution in [3.05, 3.63) is 80.7 Å². The fraction of sp³-hybridized carbons (Fsp3) is 0.360. The van der Waals surface area contributed by atoms with Crippen LogP contribution in [0.25, 0.3) is 11.0 Å². The molecule has 2 heterocycles. The van der Waals surface area contributed by atoms with E-state index in [1.54, 1.807) is 11.0 Å². The lowest BCUT2D eigenvalue weighted by atomic mass is 10.1. The van der Waals surface area contributed by atoms with Crippen LogP contribution in [0, 0.1) is 13.8 Å². The summed E-state index contributed by atoms with van der Waals surface area (Å²) in [7, 11) is -3.20. The summed E-state index contributed by atoms with van der Waals surface area (Å²) in [6, 6.07) is 12.2. The van der Waals surface area contributed by atoms with E-state index in [1.165, 1.54) is 11.6 Å². The third-order valence-corrected chi connectivity index (χ3v) is 8.07. The molecule has 1 fully saturated rings. The minimum atomic E-state index is -3.20. The van der Waals surface area contributed by atoms with Crippen LogP contribution < -0.4 is 5.43 Å². The molecule has 1 aromatic heterocycles. The second-order valence-electron chi connectivity index (χ2n) is 8.52. The van der Waals surface area contributed by atoms with Crippen molar-refractivity contribution in [3.63, 3.8) is 0 Å². The third kappa shape index (κ3) is 4.35. The molecule has 2 aromatic carbocycles. The Hall–Kier alpha value is -2.93. The third-order valence-electron chi connectivity index (χ3n) is 6.32. The molecule has 0 radical (unpaired) electrons. The first-order valence-electron chi connectivity index (χ1n) is 10.8. The molecule has 7 heteroatoms. The lowest BCUT2D eigenvalue weighted by Crippen LogP contribution is -2.41. The molecule has 3 aromatic rings. The number of hydrogen-bond donors (Lipinski definition) is 0. The van der Waals surface area contributed by atoms with E-state index in [1.807, 2.05) is 44.2 Å². The number of hydrogen-bond acceptors (Lipinski definition) is 5. The molecule has 1 aliphatic heterocycles. The van der Waals surface area contributed by atoms with E-state index >= 15 is 0 Å². The highest BCUT2D eigenvalue weighted by molar-refractivity contribution is 7.91. The van der Waals surface area contributed by atoms with Gasteiger partial charge in [-0.2, -0.15) is 0 Å². The first kappa shape index (κ1) is 22.3. The average molecular weight is 454 g/mol. The highest BCUT2D eigenvalue weighted by Gasteiger charge is 2.36. The average Bonchev–Trinajstić information content (AvgIpc) is 3.14. The first-order chi connectivity index (χ1) is 15.2. The number of sulfone groups is 1. The molecule has 0 spiro atoms. The molecule has 6 nitrogen and oxygen atoms in total. The Morgan fingerprint density at radius 2 is 1.78 bits per heavy atom. The number of amides is 1. The normalized spacial score (nSPS) is 17.5. The number of carbonyl (C=O) groups excluding carboxylic acids is 1. The topological polar surface area (TPSA) is 84.7 Å². The highest BCUT2D eigenvalue weighted by atomic mass is 32.2. The molecule has 32 heavy (non-hydrogen) atoms. The van der Waals surface area contributed by atoms with Gasteiger partial charge in [0.05, 0.1) is 16.9 Å². The molecular weight excluding hydrogens is 426 g/mol. The summed E-state index contributed by atoms with van der Waals surface area (Å²) in [5.74, 6) is -0.560. The molecule has 0 unspecified atom stereocenters. The smallest absolute Gasteiger partial charge is 0.290 e. The molecule has 1 amide bonds. The van der Waals surface area contributed by atoms with Gasteiger partial charge in [0.2, 0.25) is 0 Å². The molecule has 168 valence electrons. The van der Waals surface area contributed by atoms with Crippen LogP contribution in [0.1, 0.15) is 46.2 Å². The summed E-state index contributed by atoms with van der Waals surface area (Å²) in [6.45, 7) is 6.08. The van der Waals surface area contributed by atoms with Gasteiger partial charge in [0, 0.05) is 18.7 Å². The number of fused-ring (bicyclic) bond motifs is 1. The zero-order valence-electron chi connectivity index (χ0n) is 18.6. The predicted molar refractivity (Wildman–Crippen MR) is 125 cm³/mol. The number of aryl methyl sites for hydroxylation is 3. The lowest BCUT2D eigenvalue weighted by Gasteiger charge is -2.28. The van der Waals surface area contributed by atoms with Gasteiger partial charge in [-0.25, -0.2) is 8.42 Å². The Labute approximate surface area is 187 Å². The van der Waals surface area contributed by atoms with Crippen LogP contribution in [0.15, 0.2) is 51.7 Å². The van der Waals surface area contributed by atoms with E-state index in [0.29, 0.717) is 17.4 Å². The van der Waals surface area contributed by atoms with Crippen molar-refractivity contribution in [1.29, 1.82) is 0 Å². The number of benzene rings is 2. The molecule has 0 bridgehead atoms. The van der Waals surface area contributed by atoms with Crippen molar-refractivity contribution in [2.24, 2.45) is 0 Å². The maximum atomic E-state index is 13.6. The monoisotopic (exact) mass is 453 g/mol. The summed E-state index contributed by atoms with van der Waals surface area (Å²) in [6.07, 6.45) is 1.28. The van der Waals surface area contributed by atoms with Gasteiger partial charge in [-0.3, -0.25) is 9.59 Å². The van der Waals surface area contributed by atoms with E-state index < -0.39 is 21.8 Å². The Morgan fingerprint density at radius 1 is 1.09 bits per heavy atom. The number of nitrogens with zero attached hydrogens (tertiary/aromatic N) is 1. The molecule has 1 aliphatic rings. The zero-order valence-corrected chi connectivity index (χ0v) is 19.4. The van der Waals surface area contributed by atoms with Gasteiger partial charge in [0.15, 0.2) is 21.0 Å². The van der Waals surface area contributed by atoms with Gasteiger partial charge in [0.1, 0.15) is 5.58 Å². The fourth-order valence-electron chi connectivity index (χ4n) is 4.16. The largest absolute Gasteiger partial charge is 0.450 e. The van der Waals surface area contributed by atoms with Crippen molar-refractivity contribution in [2.45, 2.75) is 46.2 Å².